The van der Waals surface area contributed by atoms with Crippen LogP contribution in [0.15, 0.2) is 35.2 Å². The summed E-state index contributed by atoms with van der Waals surface area (Å²) in [5.74, 6) is 0.233. The highest BCUT2D eigenvalue weighted by Crippen LogP contribution is 2.27. The maximum atomic E-state index is 13.1. The summed E-state index contributed by atoms with van der Waals surface area (Å²) >= 11 is 0. The second-order valence-corrected chi connectivity index (χ2v) is 9.54. The van der Waals surface area contributed by atoms with Crippen molar-refractivity contribution in [2.45, 2.75) is 44.9 Å². The summed E-state index contributed by atoms with van der Waals surface area (Å²) in [6.07, 6.45) is 2.61. The molecule has 6 nitrogen and oxygen atoms in total. The van der Waals surface area contributed by atoms with Crippen molar-refractivity contribution in [1.82, 2.24) is 8.87 Å². The van der Waals surface area contributed by atoms with Gasteiger partial charge >= 0.3 is 0 Å². The lowest BCUT2D eigenvalue weighted by atomic mass is 10.0. The lowest BCUT2D eigenvalue weighted by Gasteiger charge is -2.29. The van der Waals surface area contributed by atoms with Gasteiger partial charge in [-0.15, -0.1) is 0 Å². The van der Waals surface area contributed by atoms with Crippen LogP contribution in [0, 0.1) is 12.8 Å². The van der Waals surface area contributed by atoms with E-state index >= 15 is 0 Å². The van der Waals surface area contributed by atoms with Gasteiger partial charge in [-0.2, -0.15) is 4.31 Å². The molecule has 0 saturated carbocycles. The van der Waals surface area contributed by atoms with E-state index < -0.39 is 10.0 Å². The van der Waals surface area contributed by atoms with Crippen molar-refractivity contribution >= 4 is 21.6 Å². The van der Waals surface area contributed by atoms with Gasteiger partial charge in [0.1, 0.15) is 10.6 Å². The van der Waals surface area contributed by atoms with E-state index in [2.05, 4.69) is 19.2 Å². The van der Waals surface area contributed by atoms with Gasteiger partial charge in [0.05, 0.1) is 0 Å². The number of hydrogen-bond acceptors (Lipinski definition) is 3. The third kappa shape index (κ3) is 4.00. The van der Waals surface area contributed by atoms with E-state index in [0.717, 1.165) is 24.8 Å². The fourth-order valence-corrected chi connectivity index (χ4v) is 5.32. The number of nitrogens with zero attached hydrogens (tertiary/aromatic N) is 2. The van der Waals surface area contributed by atoms with Crippen LogP contribution in [-0.4, -0.2) is 36.3 Å². The first-order chi connectivity index (χ1) is 13.2. The zero-order valence-electron chi connectivity index (χ0n) is 17.0. The minimum atomic E-state index is -3.60. The van der Waals surface area contributed by atoms with Crippen LogP contribution in [0.5, 0.6) is 0 Å². The molecule has 2 aromatic rings. The second kappa shape index (κ2) is 8.09. The van der Waals surface area contributed by atoms with Gasteiger partial charge < -0.3 is 9.88 Å². The van der Waals surface area contributed by atoms with E-state index in [9.17, 15) is 13.2 Å². The molecule has 1 aromatic carbocycles. The highest BCUT2D eigenvalue weighted by Gasteiger charge is 2.32. The van der Waals surface area contributed by atoms with Crippen molar-refractivity contribution in [3.05, 3.63) is 47.3 Å². The Labute approximate surface area is 167 Å². The zero-order chi connectivity index (χ0) is 20.5. The predicted octanol–water partition coefficient (Wildman–Crippen LogP) is 3.57. The van der Waals surface area contributed by atoms with Crippen LogP contribution in [0.25, 0.3) is 0 Å². The Morgan fingerprint density at radius 1 is 1.21 bits per heavy atom. The molecule has 1 saturated heterocycles. The van der Waals surface area contributed by atoms with Crippen LogP contribution in [-0.2, 0) is 23.5 Å². The molecule has 0 bridgehead atoms. The van der Waals surface area contributed by atoms with Gasteiger partial charge in [-0.1, -0.05) is 26.0 Å². The zero-order valence-corrected chi connectivity index (χ0v) is 17.8. The SMILES string of the molecule is CCc1cccc(NC(=O)c2cc(S(=O)(=O)N3CCC(C)CC3)c(C)n2C)c1. The average molecular weight is 404 g/mol. The van der Waals surface area contributed by atoms with Gasteiger partial charge in [0, 0.05) is 31.5 Å². The molecule has 1 aliphatic rings. The summed E-state index contributed by atoms with van der Waals surface area (Å²) in [5, 5.41) is 2.88. The summed E-state index contributed by atoms with van der Waals surface area (Å²) in [7, 11) is -1.88. The molecular weight excluding hydrogens is 374 g/mol. The number of aromatic nitrogens is 1. The molecule has 0 spiro atoms. The quantitative estimate of drug-likeness (QED) is 0.830. The molecule has 1 aromatic heterocycles. The van der Waals surface area contributed by atoms with Gasteiger partial charge in [0.2, 0.25) is 10.0 Å². The number of amides is 1. The number of benzene rings is 1. The molecular formula is C21H29N3O3S. The Balaban J connectivity index is 1.87. The maximum absolute atomic E-state index is 13.1. The molecule has 1 fully saturated rings. The van der Waals surface area contributed by atoms with Crippen molar-refractivity contribution in [1.29, 1.82) is 0 Å². The Bertz CT molecular complexity index is 971. The Morgan fingerprint density at radius 2 is 1.89 bits per heavy atom. The predicted molar refractivity (Wildman–Crippen MR) is 111 cm³/mol. The topological polar surface area (TPSA) is 71.4 Å². The normalized spacial score (nSPS) is 16.3. The van der Waals surface area contributed by atoms with E-state index in [0.29, 0.717) is 36.1 Å². The minimum Gasteiger partial charge on any atom is -0.343 e. The minimum absolute atomic E-state index is 0.219. The summed E-state index contributed by atoms with van der Waals surface area (Å²) in [5.41, 5.74) is 2.75. The number of hydrogen-bond donors (Lipinski definition) is 1. The first kappa shape index (κ1) is 20.6. The Morgan fingerprint density at radius 3 is 2.54 bits per heavy atom. The van der Waals surface area contributed by atoms with E-state index in [1.165, 1.54) is 6.07 Å². The smallest absolute Gasteiger partial charge is 0.272 e. The standard InChI is InChI=1S/C21H29N3O3S/c1-5-17-7-6-8-18(13-17)22-21(25)19-14-20(16(3)23(19)4)28(26,27)24-11-9-15(2)10-12-24/h6-8,13-15H,5,9-12H2,1-4H3,(H,22,25). The average Bonchev–Trinajstić information content (AvgIpc) is 2.98. The first-order valence-electron chi connectivity index (χ1n) is 9.80. The van der Waals surface area contributed by atoms with Crippen molar-refractivity contribution < 1.29 is 13.2 Å². The molecule has 3 rings (SSSR count). The molecule has 152 valence electrons. The molecule has 0 aliphatic carbocycles. The van der Waals surface area contributed by atoms with Crippen LogP contribution in [0.1, 0.15) is 48.4 Å². The van der Waals surface area contributed by atoms with E-state index in [1.807, 2.05) is 24.3 Å². The second-order valence-electron chi connectivity index (χ2n) is 7.63. The lowest BCUT2D eigenvalue weighted by molar-refractivity contribution is 0.101. The molecule has 0 atom stereocenters. The first-order valence-corrected chi connectivity index (χ1v) is 11.2. The third-order valence-corrected chi connectivity index (χ3v) is 7.69. The van der Waals surface area contributed by atoms with Crippen LogP contribution in [0.2, 0.25) is 0 Å². The van der Waals surface area contributed by atoms with Crippen LogP contribution < -0.4 is 5.32 Å². The fourth-order valence-electron chi connectivity index (χ4n) is 3.58. The lowest BCUT2D eigenvalue weighted by Crippen LogP contribution is -2.38. The van der Waals surface area contributed by atoms with E-state index in [1.54, 1.807) is 22.8 Å². The summed E-state index contributed by atoms with van der Waals surface area (Å²) in [6, 6.07) is 9.17. The molecule has 2 heterocycles. The van der Waals surface area contributed by atoms with Gasteiger partial charge in [0.15, 0.2) is 0 Å². The Kier molecular flexibility index (Phi) is 5.95. The van der Waals surface area contributed by atoms with Crippen molar-refractivity contribution in [3.8, 4) is 0 Å². The number of aryl methyl sites for hydroxylation is 1. The van der Waals surface area contributed by atoms with Gasteiger partial charge in [-0.3, -0.25) is 4.79 Å². The summed E-state index contributed by atoms with van der Waals surface area (Å²) in [4.78, 5) is 13.0. The molecule has 0 radical (unpaired) electrons. The maximum Gasteiger partial charge on any atom is 0.272 e. The summed E-state index contributed by atoms with van der Waals surface area (Å²) in [6.45, 7) is 7.01. The van der Waals surface area contributed by atoms with Crippen molar-refractivity contribution in [2.24, 2.45) is 13.0 Å². The van der Waals surface area contributed by atoms with Crippen molar-refractivity contribution in [2.75, 3.05) is 18.4 Å². The molecule has 28 heavy (non-hydrogen) atoms. The van der Waals surface area contributed by atoms with Crippen LogP contribution in [0.3, 0.4) is 0 Å². The number of piperidine rings is 1. The largest absolute Gasteiger partial charge is 0.343 e. The molecule has 0 unspecified atom stereocenters. The highest BCUT2D eigenvalue weighted by atomic mass is 32.2. The number of carbonyl (C=O) groups is 1. The molecule has 1 amide bonds. The van der Waals surface area contributed by atoms with Crippen LogP contribution in [0.4, 0.5) is 5.69 Å². The van der Waals surface area contributed by atoms with Crippen molar-refractivity contribution in [3.63, 3.8) is 0 Å². The number of carbonyl (C=O) groups excluding carboxylic acids is 1. The number of sulfonamides is 1. The summed E-state index contributed by atoms with van der Waals surface area (Å²) < 4.78 is 29.4. The molecule has 1 aliphatic heterocycles. The number of rotatable bonds is 5. The monoisotopic (exact) mass is 403 g/mol. The Hall–Kier alpha value is -2.12. The van der Waals surface area contributed by atoms with E-state index in [4.69, 9.17) is 0 Å². The van der Waals surface area contributed by atoms with Crippen LogP contribution >= 0.6 is 0 Å². The van der Waals surface area contributed by atoms with Gasteiger partial charge in [0.25, 0.3) is 5.91 Å². The molecule has 1 N–H and O–H groups in total. The number of nitrogens with one attached hydrogen (secondary N) is 1. The molecule has 7 heteroatoms. The highest BCUT2D eigenvalue weighted by molar-refractivity contribution is 7.89. The van der Waals surface area contributed by atoms with Gasteiger partial charge in [-0.05, 0) is 55.9 Å². The third-order valence-electron chi connectivity index (χ3n) is 5.68. The number of anilines is 1. The fraction of sp³-hybridized carbons (Fsp3) is 0.476. The van der Waals surface area contributed by atoms with Gasteiger partial charge in [-0.25, -0.2) is 8.42 Å². The van der Waals surface area contributed by atoms with E-state index in [-0.39, 0.29) is 10.8 Å².